The van der Waals surface area contributed by atoms with Crippen molar-refractivity contribution in [3.05, 3.63) is 70.7 Å². The average Bonchev–Trinajstić information content (AvgIpc) is 3.45. The monoisotopic (exact) mass is 476 g/mol. The summed E-state index contributed by atoms with van der Waals surface area (Å²) in [5.74, 6) is 0. The molecule has 0 radical (unpaired) electrons. The fraction of sp³-hybridized carbons (Fsp3) is 0.318. The second kappa shape index (κ2) is 9.16. The first-order valence-corrected chi connectivity index (χ1v) is 12.8. The van der Waals surface area contributed by atoms with E-state index >= 15 is 0 Å². The van der Waals surface area contributed by atoms with E-state index in [-0.39, 0.29) is 4.90 Å². The van der Waals surface area contributed by atoms with Gasteiger partial charge in [-0.2, -0.15) is 0 Å². The van der Waals surface area contributed by atoms with Crippen LogP contribution in [0.1, 0.15) is 24.9 Å². The van der Waals surface area contributed by atoms with Crippen LogP contribution in [0.4, 0.5) is 10.8 Å². The van der Waals surface area contributed by atoms with Gasteiger partial charge in [0, 0.05) is 43.8 Å². The smallest absolute Gasteiger partial charge is 0.263 e. The normalized spacial score (nSPS) is 18.1. The van der Waals surface area contributed by atoms with Gasteiger partial charge in [0.2, 0.25) is 0 Å². The summed E-state index contributed by atoms with van der Waals surface area (Å²) >= 11 is 7.75. The van der Waals surface area contributed by atoms with Crippen molar-refractivity contribution >= 4 is 43.8 Å². The molecule has 164 valence electrons. The van der Waals surface area contributed by atoms with Crippen molar-refractivity contribution in [1.82, 2.24) is 9.88 Å². The molecule has 0 aliphatic carbocycles. The third kappa shape index (κ3) is 4.87. The number of likely N-dealkylation sites (tertiary alicyclic amines) is 1. The van der Waals surface area contributed by atoms with Crippen LogP contribution in [-0.4, -0.2) is 44.5 Å². The topological polar surface area (TPSA) is 65.5 Å². The summed E-state index contributed by atoms with van der Waals surface area (Å²) in [7, 11) is -1.71. The van der Waals surface area contributed by atoms with Gasteiger partial charge in [0.1, 0.15) is 0 Å². The molecule has 1 aliphatic rings. The van der Waals surface area contributed by atoms with Crippen molar-refractivity contribution in [2.45, 2.75) is 30.3 Å². The minimum Gasteiger partial charge on any atom is -0.369 e. The maximum absolute atomic E-state index is 12.6. The third-order valence-electron chi connectivity index (χ3n) is 5.84. The van der Waals surface area contributed by atoms with Gasteiger partial charge in [-0.3, -0.25) is 9.62 Å². The number of thiazole rings is 1. The molecule has 0 bridgehead atoms. The van der Waals surface area contributed by atoms with Gasteiger partial charge in [0.05, 0.1) is 15.6 Å². The number of halogens is 1. The van der Waals surface area contributed by atoms with Crippen molar-refractivity contribution < 1.29 is 8.42 Å². The van der Waals surface area contributed by atoms with Gasteiger partial charge < -0.3 is 4.90 Å². The van der Waals surface area contributed by atoms with Crippen LogP contribution in [0.15, 0.2) is 65.0 Å². The van der Waals surface area contributed by atoms with Crippen molar-refractivity contribution in [3.63, 3.8) is 0 Å². The first-order chi connectivity index (χ1) is 14.8. The van der Waals surface area contributed by atoms with Gasteiger partial charge >= 0.3 is 0 Å². The number of sulfonamides is 1. The van der Waals surface area contributed by atoms with Crippen LogP contribution >= 0.6 is 22.9 Å². The first kappa shape index (κ1) is 22.1. The molecule has 31 heavy (non-hydrogen) atoms. The molecule has 0 spiro atoms. The van der Waals surface area contributed by atoms with Gasteiger partial charge in [-0.05, 0) is 37.1 Å². The fourth-order valence-electron chi connectivity index (χ4n) is 3.96. The van der Waals surface area contributed by atoms with Crippen LogP contribution < -0.4 is 9.62 Å². The minimum atomic E-state index is -3.73. The lowest BCUT2D eigenvalue weighted by Gasteiger charge is -2.30. The van der Waals surface area contributed by atoms with E-state index in [4.69, 9.17) is 11.6 Å². The lowest BCUT2D eigenvalue weighted by molar-refractivity contribution is 0.259. The highest BCUT2D eigenvalue weighted by atomic mass is 35.5. The van der Waals surface area contributed by atoms with E-state index < -0.39 is 10.0 Å². The molecule has 2 atom stereocenters. The Balaban J connectivity index is 1.46. The van der Waals surface area contributed by atoms with E-state index in [0.29, 0.717) is 22.2 Å². The summed E-state index contributed by atoms with van der Waals surface area (Å²) in [4.78, 5) is 8.72. The number of rotatable bonds is 7. The number of likely N-dealkylation sites (N-methyl/N-ethyl adjacent to an activating group) is 1. The number of hydrogen-bond acceptors (Lipinski definition) is 6. The summed E-state index contributed by atoms with van der Waals surface area (Å²) in [6.45, 7) is 4.17. The Hall–Kier alpha value is -2.13. The van der Waals surface area contributed by atoms with Gasteiger partial charge in [-0.25, -0.2) is 13.4 Å². The van der Waals surface area contributed by atoms with Crippen molar-refractivity contribution in [2.24, 2.45) is 0 Å². The Bertz CT molecular complexity index is 1120. The van der Waals surface area contributed by atoms with E-state index in [1.54, 1.807) is 23.7 Å². The fourth-order valence-corrected chi connectivity index (χ4v) is 6.16. The summed E-state index contributed by atoms with van der Waals surface area (Å²) < 4.78 is 27.7. The van der Waals surface area contributed by atoms with Crippen LogP contribution in [-0.2, 0) is 10.0 Å². The van der Waals surface area contributed by atoms with E-state index in [1.165, 1.54) is 23.0 Å². The molecule has 6 nitrogen and oxygen atoms in total. The summed E-state index contributed by atoms with van der Waals surface area (Å²) in [5, 5.41) is 2.46. The second-order valence-corrected chi connectivity index (χ2v) is 10.7. The minimum absolute atomic E-state index is 0.121. The predicted octanol–water partition coefficient (Wildman–Crippen LogP) is 4.87. The molecule has 1 unspecified atom stereocenters. The van der Waals surface area contributed by atoms with Crippen LogP contribution in [0.3, 0.4) is 0 Å². The van der Waals surface area contributed by atoms with Gasteiger partial charge in [0.25, 0.3) is 10.0 Å². The zero-order valence-electron chi connectivity index (χ0n) is 17.4. The Labute approximate surface area is 192 Å². The van der Waals surface area contributed by atoms with Crippen LogP contribution in [0.25, 0.3) is 0 Å². The lowest BCUT2D eigenvalue weighted by atomic mass is 10.1. The molecule has 1 saturated heterocycles. The van der Waals surface area contributed by atoms with E-state index in [1.807, 2.05) is 13.1 Å². The molecular formula is C22H25ClN4O2S2. The number of aromatic nitrogens is 1. The summed E-state index contributed by atoms with van der Waals surface area (Å²) in [5.41, 5.74) is 2.14. The molecule has 1 aromatic heterocycles. The van der Waals surface area contributed by atoms with Crippen molar-refractivity contribution in [2.75, 3.05) is 29.8 Å². The number of nitrogens with one attached hydrogen (secondary N) is 1. The first-order valence-electron chi connectivity index (χ1n) is 10.1. The molecule has 1 aliphatic heterocycles. The molecular weight excluding hydrogens is 452 g/mol. The molecule has 9 heteroatoms. The Morgan fingerprint density at radius 3 is 2.71 bits per heavy atom. The van der Waals surface area contributed by atoms with E-state index in [2.05, 4.69) is 50.7 Å². The number of benzene rings is 2. The molecule has 3 aromatic rings. The van der Waals surface area contributed by atoms with Crippen molar-refractivity contribution in [3.8, 4) is 0 Å². The largest absolute Gasteiger partial charge is 0.369 e. The highest BCUT2D eigenvalue weighted by molar-refractivity contribution is 7.93. The van der Waals surface area contributed by atoms with Crippen LogP contribution in [0.5, 0.6) is 0 Å². The maximum Gasteiger partial charge on any atom is 0.263 e. The zero-order valence-corrected chi connectivity index (χ0v) is 19.8. The SMILES string of the molecule is C[C@@H](c1ccccc1)N1CCC(N(C)c2ccc(S(=O)(=O)Nc3nccs3)cc2Cl)C1. The van der Waals surface area contributed by atoms with E-state index in [0.717, 1.165) is 25.2 Å². The Morgan fingerprint density at radius 1 is 1.26 bits per heavy atom. The number of nitrogens with zero attached hydrogens (tertiary/aromatic N) is 3. The number of hydrogen-bond donors (Lipinski definition) is 1. The van der Waals surface area contributed by atoms with Crippen molar-refractivity contribution in [1.29, 1.82) is 0 Å². The quantitative estimate of drug-likeness (QED) is 0.527. The Morgan fingerprint density at radius 2 is 2.03 bits per heavy atom. The van der Waals surface area contributed by atoms with Crippen LogP contribution in [0, 0.1) is 0 Å². The summed E-state index contributed by atoms with van der Waals surface area (Å²) in [6.07, 6.45) is 2.58. The molecule has 0 amide bonds. The zero-order chi connectivity index (χ0) is 22.0. The summed E-state index contributed by atoms with van der Waals surface area (Å²) in [6, 6.07) is 16.0. The van der Waals surface area contributed by atoms with E-state index in [9.17, 15) is 8.42 Å². The molecule has 1 N–H and O–H groups in total. The average molecular weight is 477 g/mol. The second-order valence-electron chi connectivity index (χ2n) is 7.69. The standard InChI is InChI=1S/C22H25ClN4O2S2/c1-16(17-6-4-3-5-7-17)27-12-10-18(15-27)26(2)21-9-8-19(14-20(21)23)31(28,29)25-22-24-11-13-30-22/h3-9,11,13-14,16,18H,10,12,15H2,1-2H3,(H,24,25)/t16-,18?/m0/s1. The maximum atomic E-state index is 12.6. The highest BCUT2D eigenvalue weighted by Gasteiger charge is 2.30. The molecule has 1 fully saturated rings. The van der Waals surface area contributed by atoms with Gasteiger partial charge in [-0.1, -0.05) is 41.9 Å². The lowest BCUT2D eigenvalue weighted by Crippen LogP contribution is -2.35. The third-order valence-corrected chi connectivity index (χ3v) is 8.29. The number of anilines is 2. The van der Waals surface area contributed by atoms with Gasteiger partial charge in [0.15, 0.2) is 5.13 Å². The van der Waals surface area contributed by atoms with Gasteiger partial charge in [-0.15, -0.1) is 11.3 Å². The molecule has 2 aromatic carbocycles. The molecule has 4 rings (SSSR count). The molecule has 0 saturated carbocycles. The predicted molar refractivity (Wildman–Crippen MR) is 128 cm³/mol. The highest BCUT2D eigenvalue weighted by Crippen LogP contribution is 2.33. The Kier molecular flexibility index (Phi) is 6.52. The molecule has 2 heterocycles. The van der Waals surface area contributed by atoms with Crippen LogP contribution in [0.2, 0.25) is 5.02 Å².